The first kappa shape index (κ1) is 14.7. The summed E-state index contributed by atoms with van der Waals surface area (Å²) in [6.07, 6.45) is 0. The van der Waals surface area contributed by atoms with Crippen LogP contribution >= 0.6 is 0 Å². The molecule has 0 atom stereocenters. The Morgan fingerprint density at radius 3 is 2.57 bits per heavy atom. The molecule has 0 aliphatic rings. The van der Waals surface area contributed by atoms with Crippen LogP contribution in [-0.4, -0.2) is 34.4 Å². The zero-order valence-electron chi connectivity index (χ0n) is 12.0. The number of halogens is 1. The molecule has 7 heteroatoms. The number of carboxylic acids is 1. The number of ether oxygens (including phenoxy) is 1. The zero-order chi connectivity index (χ0) is 16.6. The van der Waals surface area contributed by atoms with Crippen molar-refractivity contribution in [3.05, 3.63) is 53.3 Å². The van der Waals surface area contributed by atoms with E-state index in [1.165, 1.54) is 31.4 Å². The fourth-order valence-electron chi connectivity index (χ4n) is 2.31. The van der Waals surface area contributed by atoms with Gasteiger partial charge in [0.15, 0.2) is 0 Å². The molecule has 0 bridgehead atoms. The van der Waals surface area contributed by atoms with Crippen molar-refractivity contribution in [2.24, 2.45) is 0 Å². The second kappa shape index (κ2) is 5.53. The molecular formula is C16H11FN2O4. The second-order valence-corrected chi connectivity index (χ2v) is 4.82. The zero-order valence-corrected chi connectivity index (χ0v) is 12.0. The van der Waals surface area contributed by atoms with Gasteiger partial charge >= 0.3 is 11.9 Å². The number of carboxylic acid groups (broad SMARTS) is 1. The first-order valence-electron chi connectivity index (χ1n) is 6.61. The van der Waals surface area contributed by atoms with Crippen LogP contribution in [0.3, 0.4) is 0 Å². The number of carbonyl (C=O) groups excluding carboxylic acids is 1. The van der Waals surface area contributed by atoms with Crippen LogP contribution in [0.25, 0.3) is 22.2 Å². The summed E-state index contributed by atoms with van der Waals surface area (Å²) in [5.74, 6) is -2.31. The number of rotatable bonds is 3. The summed E-state index contributed by atoms with van der Waals surface area (Å²) in [6.45, 7) is 0. The van der Waals surface area contributed by atoms with Gasteiger partial charge in [0.25, 0.3) is 0 Å². The van der Waals surface area contributed by atoms with Crippen molar-refractivity contribution in [1.82, 2.24) is 10.2 Å². The summed E-state index contributed by atoms with van der Waals surface area (Å²) in [7, 11) is 1.22. The number of aromatic carboxylic acids is 1. The van der Waals surface area contributed by atoms with Gasteiger partial charge in [-0.25, -0.2) is 14.0 Å². The number of hydrogen-bond acceptors (Lipinski definition) is 4. The third-order valence-corrected chi connectivity index (χ3v) is 3.46. The number of aromatic amines is 1. The van der Waals surface area contributed by atoms with Crippen LogP contribution in [0.2, 0.25) is 0 Å². The van der Waals surface area contributed by atoms with E-state index in [4.69, 9.17) is 5.11 Å². The molecular weight excluding hydrogens is 303 g/mol. The summed E-state index contributed by atoms with van der Waals surface area (Å²) in [5, 5.41) is 16.3. The Morgan fingerprint density at radius 1 is 1.17 bits per heavy atom. The lowest BCUT2D eigenvalue weighted by Crippen LogP contribution is -2.02. The minimum atomic E-state index is -1.06. The maximum Gasteiger partial charge on any atom is 0.337 e. The standard InChI is InChI=1S/C16H11FN2O4/c1-23-16(22)9-3-4-10(12(17)6-9)14-11-5-2-8(15(20)21)7-13(11)18-19-14/h2-7H,1H3,(H,18,19)(H,20,21). The molecule has 0 aliphatic heterocycles. The van der Waals surface area contributed by atoms with E-state index in [0.29, 0.717) is 16.6 Å². The normalized spacial score (nSPS) is 10.7. The molecule has 0 saturated heterocycles. The summed E-state index contributed by atoms with van der Waals surface area (Å²) < 4.78 is 18.8. The van der Waals surface area contributed by atoms with Crippen LogP contribution in [0.15, 0.2) is 36.4 Å². The number of methoxy groups -OCH3 is 1. The number of nitrogens with one attached hydrogen (secondary N) is 1. The highest BCUT2D eigenvalue weighted by Crippen LogP contribution is 2.29. The fourth-order valence-corrected chi connectivity index (χ4v) is 2.31. The maximum absolute atomic E-state index is 14.3. The maximum atomic E-state index is 14.3. The third kappa shape index (κ3) is 2.52. The topological polar surface area (TPSA) is 92.3 Å². The molecule has 6 nitrogen and oxygen atoms in total. The Labute approximate surface area is 129 Å². The van der Waals surface area contributed by atoms with Crippen molar-refractivity contribution in [2.45, 2.75) is 0 Å². The van der Waals surface area contributed by atoms with Crippen LogP contribution in [0.4, 0.5) is 4.39 Å². The molecule has 0 unspecified atom stereocenters. The van der Waals surface area contributed by atoms with E-state index < -0.39 is 17.8 Å². The van der Waals surface area contributed by atoms with E-state index in [0.717, 1.165) is 6.07 Å². The van der Waals surface area contributed by atoms with Gasteiger partial charge in [-0.15, -0.1) is 0 Å². The molecule has 116 valence electrons. The molecule has 2 aromatic carbocycles. The number of H-pyrrole nitrogens is 1. The molecule has 0 radical (unpaired) electrons. The first-order chi connectivity index (χ1) is 11.0. The molecule has 2 N–H and O–H groups in total. The first-order valence-corrected chi connectivity index (χ1v) is 6.61. The Bertz CT molecular complexity index is 933. The number of hydrogen-bond donors (Lipinski definition) is 2. The van der Waals surface area contributed by atoms with Gasteiger partial charge in [-0.2, -0.15) is 5.10 Å². The van der Waals surface area contributed by atoms with E-state index in [1.807, 2.05) is 0 Å². The van der Waals surface area contributed by atoms with E-state index in [2.05, 4.69) is 14.9 Å². The van der Waals surface area contributed by atoms with Crippen molar-refractivity contribution < 1.29 is 23.8 Å². The smallest absolute Gasteiger partial charge is 0.337 e. The van der Waals surface area contributed by atoms with E-state index in [-0.39, 0.29) is 16.7 Å². The molecule has 1 aromatic heterocycles. The molecule has 0 saturated carbocycles. The Hall–Kier alpha value is -3.22. The van der Waals surface area contributed by atoms with E-state index in [1.54, 1.807) is 6.07 Å². The average Bonchev–Trinajstić information content (AvgIpc) is 2.96. The molecule has 23 heavy (non-hydrogen) atoms. The van der Waals surface area contributed by atoms with Gasteiger partial charge in [-0.05, 0) is 36.4 Å². The SMILES string of the molecule is COC(=O)c1ccc(-c2n[nH]c3cc(C(=O)O)ccc23)c(F)c1. The number of aromatic nitrogens is 2. The largest absolute Gasteiger partial charge is 0.478 e. The summed E-state index contributed by atoms with van der Waals surface area (Å²) in [5.41, 5.74) is 1.23. The average molecular weight is 314 g/mol. The van der Waals surface area contributed by atoms with Crippen LogP contribution in [0.1, 0.15) is 20.7 Å². The van der Waals surface area contributed by atoms with E-state index in [9.17, 15) is 14.0 Å². The number of esters is 1. The Balaban J connectivity index is 2.10. The highest BCUT2D eigenvalue weighted by molar-refractivity contribution is 5.98. The Kier molecular flexibility index (Phi) is 3.53. The predicted molar refractivity (Wildman–Crippen MR) is 79.8 cm³/mol. The molecule has 1 heterocycles. The van der Waals surface area contributed by atoms with E-state index >= 15 is 0 Å². The molecule has 3 aromatic rings. The van der Waals surface area contributed by atoms with Gasteiger partial charge in [-0.1, -0.05) is 0 Å². The monoisotopic (exact) mass is 314 g/mol. The molecule has 0 spiro atoms. The van der Waals surface area contributed by atoms with Crippen LogP contribution in [0, 0.1) is 5.82 Å². The lowest BCUT2D eigenvalue weighted by atomic mass is 10.0. The van der Waals surface area contributed by atoms with Crippen molar-refractivity contribution in [1.29, 1.82) is 0 Å². The second-order valence-electron chi connectivity index (χ2n) is 4.82. The van der Waals surface area contributed by atoms with Crippen molar-refractivity contribution >= 4 is 22.8 Å². The number of benzene rings is 2. The quantitative estimate of drug-likeness (QED) is 0.725. The highest BCUT2D eigenvalue weighted by Gasteiger charge is 2.16. The summed E-state index contributed by atoms with van der Waals surface area (Å²) in [6, 6.07) is 8.36. The molecule has 0 aliphatic carbocycles. The lowest BCUT2D eigenvalue weighted by Gasteiger charge is -2.04. The fraction of sp³-hybridized carbons (Fsp3) is 0.0625. The van der Waals surface area contributed by atoms with Crippen molar-refractivity contribution in [3.8, 4) is 11.3 Å². The predicted octanol–water partition coefficient (Wildman–Crippen LogP) is 2.85. The van der Waals surface area contributed by atoms with Gasteiger partial charge in [0.2, 0.25) is 0 Å². The molecule has 0 fully saturated rings. The minimum Gasteiger partial charge on any atom is -0.478 e. The minimum absolute atomic E-state index is 0.0988. The van der Waals surface area contributed by atoms with Gasteiger partial charge in [-0.3, -0.25) is 5.10 Å². The van der Waals surface area contributed by atoms with Crippen LogP contribution in [-0.2, 0) is 4.74 Å². The van der Waals surface area contributed by atoms with Gasteiger partial charge < -0.3 is 9.84 Å². The third-order valence-electron chi connectivity index (χ3n) is 3.46. The molecule has 3 rings (SSSR count). The van der Waals surface area contributed by atoms with Gasteiger partial charge in [0.05, 0.1) is 23.8 Å². The van der Waals surface area contributed by atoms with Crippen LogP contribution in [0.5, 0.6) is 0 Å². The van der Waals surface area contributed by atoms with Gasteiger partial charge in [0, 0.05) is 10.9 Å². The Morgan fingerprint density at radius 2 is 1.91 bits per heavy atom. The summed E-state index contributed by atoms with van der Waals surface area (Å²) in [4.78, 5) is 22.4. The van der Waals surface area contributed by atoms with Crippen molar-refractivity contribution in [3.63, 3.8) is 0 Å². The van der Waals surface area contributed by atoms with Gasteiger partial charge in [0.1, 0.15) is 11.5 Å². The van der Waals surface area contributed by atoms with Crippen LogP contribution < -0.4 is 0 Å². The summed E-state index contributed by atoms with van der Waals surface area (Å²) >= 11 is 0. The lowest BCUT2D eigenvalue weighted by molar-refractivity contribution is 0.0599. The van der Waals surface area contributed by atoms with Crippen molar-refractivity contribution in [2.75, 3.05) is 7.11 Å². The highest BCUT2D eigenvalue weighted by atomic mass is 19.1. The number of fused-ring (bicyclic) bond motifs is 1. The number of carbonyl (C=O) groups is 2. The number of nitrogens with zero attached hydrogens (tertiary/aromatic N) is 1. The molecule has 0 amide bonds.